The summed E-state index contributed by atoms with van der Waals surface area (Å²) in [7, 11) is -0.381. The van der Waals surface area contributed by atoms with Crippen LogP contribution < -0.4 is 0 Å². The highest BCUT2D eigenvalue weighted by atomic mass is 32.2. The number of nitrogens with one attached hydrogen (secondary N) is 1. The van der Waals surface area contributed by atoms with Gasteiger partial charge in [0, 0.05) is 25.4 Å². The zero-order valence-corrected chi connectivity index (χ0v) is 15.5. The van der Waals surface area contributed by atoms with Crippen LogP contribution in [-0.4, -0.2) is 42.0 Å². The number of sulfonamides is 1. The fraction of sp³-hybridized carbons (Fsp3) is 0.176. The highest BCUT2D eigenvalue weighted by Crippen LogP contribution is 2.24. The third-order valence-corrected chi connectivity index (χ3v) is 6.29. The van der Waals surface area contributed by atoms with Gasteiger partial charge in [-0.1, -0.05) is 54.2 Å². The molecule has 0 fully saturated rings. The molecule has 3 aromatic rings. The Morgan fingerprint density at radius 2 is 1.84 bits per heavy atom. The van der Waals surface area contributed by atoms with E-state index < -0.39 is 10.0 Å². The van der Waals surface area contributed by atoms with Crippen LogP contribution in [0.1, 0.15) is 5.56 Å². The second-order valence-electron chi connectivity index (χ2n) is 5.56. The molecule has 0 radical (unpaired) electrons. The van der Waals surface area contributed by atoms with E-state index in [4.69, 9.17) is 0 Å². The lowest BCUT2D eigenvalue weighted by molar-refractivity contribution is 0.520. The minimum Gasteiger partial charge on any atom is -0.258 e. The van der Waals surface area contributed by atoms with Crippen LogP contribution >= 0.6 is 11.8 Å². The van der Waals surface area contributed by atoms with Gasteiger partial charge >= 0.3 is 0 Å². The monoisotopic (exact) mass is 374 g/mol. The van der Waals surface area contributed by atoms with E-state index in [-0.39, 0.29) is 4.90 Å². The number of hydrogen-bond acceptors (Lipinski definition) is 5. The number of rotatable bonds is 6. The zero-order chi connectivity index (χ0) is 17.9. The number of aromatic amines is 1. The van der Waals surface area contributed by atoms with Crippen molar-refractivity contribution in [1.82, 2.24) is 19.5 Å². The van der Waals surface area contributed by atoms with Crippen LogP contribution in [0.3, 0.4) is 0 Å². The molecule has 0 aliphatic heterocycles. The second-order valence-corrected chi connectivity index (χ2v) is 8.65. The first-order valence-electron chi connectivity index (χ1n) is 7.59. The number of benzene rings is 2. The third kappa shape index (κ3) is 4.09. The molecule has 0 spiro atoms. The molecule has 0 aliphatic rings. The Hall–Kier alpha value is -2.16. The molecule has 8 heteroatoms. The van der Waals surface area contributed by atoms with Gasteiger partial charge in [0.1, 0.15) is 0 Å². The SMILES string of the molecule is CN(C)S(=O)(=O)c1cccc(CSc2n[nH]c(-c3ccccc3)n2)c1. The van der Waals surface area contributed by atoms with Crippen molar-refractivity contribution in [3.8, 4) is 11.4 Å². The van der Waals surface area contributed by atoms with Crippen LogP contribution in [-0.2, 0) is 15.8 Å². The van der Waals surface area contributed by atoms with Gasteiger partial charge < -0.3 is 0 Å². The number of nitrogens with zero attached hydrogens (tertiary/aromatic N) is 3. The summed E-state index contributed by atoms with van der Waals surface area (Å²) >= 11 is 1.45. The molecule has 0 unspecified atom stereocenters. The van der Waals surface area contributed by atoms with Gasteiger partial charge in [-0.15, -0.1) is 5.10 Å². The normalized spacial score (nSPS) is 11.8. The summed E-state index contributed by atoms with van der Waals surface area (Å²) in [6.07, 6.45) is 0. The average molecular weight is 374 g/mol. The molecule has 2 aromatic carbocycles. The van der Waals surface area contributed by atoms with Gasteiger partial charge in [-0.05, 0) is 17.7 Å². The molecular weight excluding hydrogens is 356 g/mol. The van der Waals surface area contributed by atoms with Crippen LogP contribution in [0.15, 0.2) is 64.6 Å². The van der Waals surface area contributed by atoms with Crippen molar-refractivity contribution in [3.63, 3.8) is 0 Å². The molecule has 0 saturated heterocycles. The van der Waals surface area contributed by atoms with Gasteiger partial charge in [0.25, 0.3) is 0 Å². The minimum absolute atomic E-state index is 0.288. The average Bonchev–Trinajstić information content (AvgIpc) is 3.10. The zero-order valence-electron chi connectivity index (χ0n) is 13.9. The van der Waals surface area contributed by atoms with E-state index in [0.29, 0.717) is 16.7 Å². The van der Waals surface area contributed by atoms with Gasteiger partial charge in [0.15, 0.2) is 5.82 Å². The van der Waals surface area contributed by atoms with Crippen LogP contribution in [0.2, 0.25) is 0 Å². The maximum atomic E-state index is 12.2. The first-order chi connectivity index (χ1) is 12.0. The van der Waals surface area contributed by atoms with Gasteiger partial charge in [0.05, 0.1) is 4.90 Å². The summed E-state index contributed by atoms with van der Waals surface area (Å²) in [4.78, 5) is 4.75. The van der Waals surface area contributed by atoms with Crippen molar-refractivity contribution in [2.24, 2.45) is 0 Å². The molecular formula is C17H18N4O2S2. The van der Waals surface area contributed by atoms with E-state index in [0.717, 1.165) is 11.1 Å². The predicted octanol–water partition coefficient (Wildman–Crippen LogP) is 3.01. The standard InChI is InChI=1S/C17H18N4O2S2/c1-21(2)25(22,23)15-10-6-7-13(11-15)12-24-17-18-16(19-20-17)14-8-4-3-5-9-14/h3-11H,12H2,1-2H3,(H,18,19,20). The van der Waals surface area contributed by atoms with Crippen molar-refractivity contribution < 1.29 is 8.42 Å². The first-order valence-corrected chi connectivity index (χ1v) is 10.0. The largest absolute Gasteiger partial charge is 0.258 e. The molecule has 1 heterocycles. The highest BCUT2D eigenvalue weighted by molar-refractivity contribution is 7.98. The predicted molar refractivity (Wildman–Crippen MR) is 98.7 cm³/mol. The molecule has 1 aromatic heterocycles. The smallest absolute Gasteiger partial charge is 0.242 e. The topological polar surface area (TPSA) is 79.0 Å². The molecule has 130 valence electrons. The van der Waals surface area contributed by atoms with Crippen molar-refractivity contribution in [2.75, 3.05) is 14.1 Å². The number of thioether (sulfide) groups is 1. The van der Waals surface area contributed by atoms with Crippen LogP contribution in [0.4, 0.5) is 0 Å². The molecule has 0 atom stereocenters. The van der Waals surface area contributed by atoms with Crippen molar-refractivity contribution >= 4 is 21.8 Å². The van der Waals surface area contributed by atoms with Crippen molar-refractivity contribution in [2.45, 2.75) is 15.8 Å². The van der Waals surface area contributed by atoms with Crippen LogP contribution in [0, 0.1) is 0 Å². The Labute approximate surface area is 151 Å². The quantitative estimate of drug-likeness (QED) is 0.671. The van der Waals surface area contributed by atoms with Gasteiger partial charge in [0.2, 0.25) is 15.2 Å². The maximum Gasteiger partial charge on any atom is 0.242 e. The van der Waals surface area contributed by atoms with Gasteiger partial charge in [-0.3, -0.25) is 5.10 Å². The summed E-state index contributed by atoms with van der Waals surface area (Å²) in [6, 6.07) is 16.7. The molecule has 0 saturated carbocycles. The number of H-pyrrole nitrogens is 1. The molecule has 25 heavy (non-hydrogen) atoms. The molecule has 0 aliphatic carbocycles. The van der Waals surface area contributed by atoms with E-state index in [2.05, 4.69) is 15.2 Å². The summed E-state index contributed by atoms with van der Waals surface area (Å²) in [5, 5.41) is 7.76. The van der Waals surface area contributed by atoms with Gasteiger partial charge in [-0.2, -0.15) is 0 Å². The van der Waals surface area contributed by atoms with E-state index in [9.17, 15) is 8.42 Å². The lowest BCUT2D eigenvalue weighted by Gasteiger charge is -2.12. The maximum absolute atomic E-state index is 12.2. The molecule has 0 bridgehead atoms. The highest BCUT2D eigenvalue weighted by Gasteiger charge is 2.17. The summed E-state index contributed by atoms with van der Waals surface area (Å²) in [6.45, 7) is 0. The third-order valence-electron chi connectivity index (χ3n) is 3.56. The Balaban J connectivity index is 1.72. The minimum atomic E-state index is -3.43. The van der Waals surface area contributed by atoms with Crippen molar-refractivity contribution in [3.05, 3.63) is 60.2 Å². The fourth-order valence-corrected chi connectivity index (χ4v) is 3.90. The first kappa shape index (κ1) is 17.7. The van der Waals surface area contributed by atoms with E-state index in [1.54, 1.807) is 18.2 Å². The van der Waals surface area contributed by atoms with E-state index in [1.807, 2.05) is 36.4 Å². The summed E-state index contributed by atoms with van der Waals surface area (Å²) in [5.41, 5.74) is 1.87. The Morgan fingerprint density at radius 3 is 2.56 bits per heavy atom. The van der Waals surface area contributed by atoms with E-state index >= 15 is 0 Å². The second kappa shape index (κ2) is 7.38. The Bertz CT molecular complexity index is 954. The molecule has 1 N–H and O–H groups in total. The summed E-state index contributed by atoms with van der Waals surface area (Å²) in [5.74, 6) is 1.30. The molecule has 3 rings (SSSR count). The van der Waals surface area contributed by atoms with E-state index in [1.165, 1.54) is 30.2 Å². The lowest BCUT2D eigenvalue weighted by Crippen LogP contribution is -2.22. The Kier molecular flexibility index (Phi) is 5.22. The summed E-state index contributed by atoms with van der Waals surface area (Å²) < 4.78 is 25.6. The fourth-order valence-electron chi connectivity index (χ4n) is 2.19. The van der Waals surface area contributed by atoms with Crippen LogP contribution in [0.5, 0.6) is 0 Å². The Morgan fingerprint density at radius 1 is 1.08 bits per heavy atom. The van der Waals surface area contributed by atoms with Crippen molar-refractivity contribution in [1.29, 1.82) is 0 Å². The van der Waals surface area contributed by atoms with Gasteiger partial charge in [-0.25, -0.2) is 17.7 Å². The van der Waals surface area contributed by atoms with Crippen LogP contribution in [0.25, 0.3) is 11.4 Å². The number of aromatic nitrogens is 3. The molecule has 6 nitrogen and oxygen atoms in total. The lowest BCUT2D eigenvalue weighted by atomic mass is 10.2. The molecule has 0 amide bonds. The number of hydrogen-bond donors (Lipinski definition) is 1.